The van der Waals surface area contributed by atoms with Gasteiger partial charge in [-0.05, 0) is 19.1 Å². The van der Waals surface area contributed by atoms with Crippen LogP contribution in [0.2, 0.25) is 0 Å². The van der Waals surface area contributed by atoms with E-state index in [1.807, 2.05) is 0 Å². The first-order chi connectivity index (χ1) is 10.3. The second-order valence-electron chi connectivity index (χ2n) is 4.51. The second-order valence-corrected chi connectivity index (χ2v) is 4.51. The predicted molar refractivity (Wildman–Crippen MR) is 74.7 cm³/mol. The minimum atomic E-state index is -1.31. The number of carbonyl (C=O) groups is 4. The Morgan fingerprint density at radius 1 is 1.23 bits per heavy atom. The van der Waals surface area contributed by atoms with Crippen LogP contribution >= 0.6 is 0 Å². The Labute approximate surface area is 126 Å². The third-order valence-electron chi connectivity index (χ3n) is 2.67. The Hall–Kier alpha value is -2.74. The molecule has 1 amide bonds. The molecule has 0 saturated heterocycles. The summed E-state index contributed by atoms with van der Waals surface area (Å²) in [5.41, 5.74) is 5.65. The predicted octanol–water partition coefficient (Wildman–Crippen LogP) is -0.323. The fourth-order valence-corrected chi connectivity index (χ4v) is 1.43. The molecule has 0 aliphatic carbocycles. The summed E-state index contributed by atoms with van der Waals surface area (Å²) in [5, 5.41) is 10.8. The molecule has 0 aromatic heterocycles. The number of hydrogen-bond donors (Lipinski definition) is 3. The summed E-state index contributed by atoms with van der Waals surface area (Å²) in [6, 6.07) is 5.40. The average molecular weight is 308 g/mol. The van der Waals surface area contributed by atoms with Crippen LogP contribution in [0.1, 0.15) is 23.7 Å². The minimum absolute atomic E-state index is 0.188. The molecule has 0 aliphatic rings. The van der Waals surface area contributed by atoms with E-state index >= 15 is 0 Å². The highest BCUT2D eigenvalue weighted by Gasteiger charge is 2.23. The number of nitrogens with one attached hydrogen (secondary N) is 1. The first kappa shape index (κ1) is 17.3. The normalized spacial score (nSPS) is 12.8. The number of esters is 2. The zero-order valence-electron chi connectivity index (χ0n) is 11.8. The average Bonchev–Trinajstić information content (AvgIpc) is 2.47. The number of carboxylic acids is 1. The van der Waals surface area contributed by atoms with Gasteiger partial charge in [0.1, 0.15) is 6.04 Å². The van der Waals surface area contributed by atoms with Gasteiger partial charge >= 0.3 is 17.9 Å². The van der Waals surface area contributed by atoms with E-state index in [1.54, 1.807) is 18.2 Å². The number of aliphatic carboxylic acids is 1. The lowest BCUT2D eigenvalue weighted by atomic mass is 10.2. The summed E-state index contributed by atoms with van der Waals surface area (Å²) in [6.45, 7) is 1.25. The Bertz CT molecular complexity index is 572. The van der Waals surface area contributed by atoms with Gasteiger partial charge in [-0.25, -0.2) is 4.79 Å². The summed E-state index contributed by atoms with van der Waals surface area (Å²) in [4.78, 5) is 45.3. The maximum atomic E-state index is 11.6. The van der Waals surface area contributed by atoms with Gasteiger partial charge in [-0.3, -0.25) is 14.4 Å². The number of nitrogens with two attached hydrogens (primary N) is 1. The van der Waals surface area contributed by atoms with Crippen LogP contribution in [0, 0.1) is 0 Å². The van der Waals surface area contributed by atoms with Crippen molar-refractivity contribution in [2.45, 2.75) is 25.4 Å². The molecule has 0 spiro atoms. The van der Waals surface area contributed by atoms with Gasteiger partial charge in [-0.1, -0.05) is 18.2 Å². The number of rotatable bonds is 6. The molecule has 1 aromatic rings. The summed E-state index contributed by atoms with van der Waals surface area (Å²) in [5.74, 6) is -3.88. The number of carboxylic acid groups (broad SMARTS) is 1. The molecule has 1 rings (SSSR count). The largest absolute Gasteiger partial charge is 0.480 e. The van der Waals surface area contributed by atoms with Gasteiger partial charge in [0.25, 0.3) is 0 Å². The zero-order valence-corrected chi connectivity index (χ0v) is 11.8. The van der Waals surface area contributed by atoms with Crippen molar-refractivity contribution >= 4 is 23.8 Å². The molecule has 0 bridgehead atoms. The van der Waals surface area contributed by atoms with Crippen molar-refractivity contribution in [3.05, 3.63) is 35.9 Å². The number of amides is 1. The lowest BCUT2D eigenvalue weighted by Crippen LogP contribution is -2.48. The maximum Gasteiger partial charge on any atom is 0.345 e. The van der Waals surface area contributed by atoms with Crippen molar-refractivity contribution in [2.75, 3.05) is 0 Å². The van der Waals surface area contributed by atoms with Crippen LogP contribution in [0.5, 0.6) is 0 Å². The summed E-state index contributed by atoms with van der Waals surface area (Å²) < 4.78 is 4.56. The highest BCUT2D eigenvalue weighted by atomic mass is 16.6. The van der Waals surface area contributed by atoms with Gasteiger partial charge in [0.15, 0.2) is 0 Å². The van der Waals surface area contributed by atoms with Crippen LogP contribution in [0.3, 0.4) is 0 Å². The molecule has 8 nitrogen and oxygen atoms in total. The van der Waals surface area contributed by atoms with Crippen LogP contribution in [-0.2, 0) is 19.1 Å². The van der Waals surface area contributed by atoms with Gasteiger partial charge in [-0.2, -0.15) is 0 Å². The van der Waals surface area contributed by atoms with E-state index in [-0.39, 0.29) is 5.56 Å². The standard InChI is InChI=1S/C14H16N2O6/c1-8(13(19)20)16-12(18)10(15)7-11(17)22-14(21)9-5-3-2-4-6-9/h2-6,8,10H,7,15H2,1H3,(H,16,18)(H,19,20). The van der Waals surface area contributed by atoms with Gasteiger partial charge in [0.2, 0.25) is 5.91 Å². The number of carbonyl (C=O) groups excluding carboxylic acids is 3. The molecular formula is C14H16N2O6. The smallest absolute Gasteiger partial charge is 0.345 e. The molecule has 0 aliphatic heterocycles. The van der Waals surface area contributed by atoms with E-state index in [0.717, 1.165) is 0 Å². The van der Waals surface area contributed by atoms with Gasteiger partial charge in [0.05, 0.1) is 18.0 Å². The molecule has 0 fully saturated rings. The van der Waals surface area contributed by atoms with Crippen molar-refractivity contribution in [2.24, 2.45) is 5.73 Å². The monoisotopic (exact) mass is 308 g/mol. The fraction of sp³-hybridized carbons (Fsp3) is 0.286. The highest BCUT2D eigenvalue weighted by Crippen LogP contribution is 2.03. The third-order valence-corrected chi connectivity index (χ3v) is 2.67. The summed E-state index contributed by atoms with van der Waals surface area (Å²) >= 11 is 0. The van der Waals surface area contributed by atoms with Gasteiger partial charge < -0.3 is 20.9 Å². The Kier molecular flexibility index (Phi) is 6.21. The molecule has 2 unspecified atom stereocenters. The third kappa shape index (κ3) is 5.33. The number of hydrogen-bond acceptors (Lipinski definition) is 6. The molecule has 4 N–H and O–H groups in total. The minimum Gasteiger partial charge on any atom is -0.480 e. The second kappa shape index (κ2) is 7.89. The van der Waals surface area contributed by atoms with Crippen LogP contribution in [0.4, 0.5) is 0 Å². The number of benzene rings is 1. The van der Waals surface area contributed by atoms with Crippen molar-refractivity contribution in [3.8, 4) is 0 Å². The Morgan fingerprint density at radius 2 is 1.82 bits per heavy atom. The van der Waals surface area contributed by atoms with Gasteiger partial charge in [0, 0.05) is 0 Å². The Morgan fingerprint density at radius 3 is 2.36 bits per heavy atom. The van der Waals surface area contributed by atoms with Crippen LogP contribution < -0.4 is 11.1 Å². The Balaban J connectivity index is 2.49. The first-order valence-corrected chi connectivity index (χ1v) is 6.40. The van der Waals surface area contributed by atoms with E-state index in [1.165, 1.54) is 19.1 Å². The molecule has 2 atom stereocenters. The van der Waals surface area contributed by atoms with E-state index in [9.17, 15) is 19.2 Å². The molecule has 0 saturated carbocycles. The molecule has 0 radical (unpaired) electrons. The molecule has 22 heavy (non-hydrogen) atoms. The van der Waals surface area contributed by atoms with E-state index in [0.29, 0.717) is 0 Å². The number of ether oxygens (including phenoxy) is 1. The molecular weight excluding hydrogens is 292 g/mol. The van der Waals surface area contributed by atoms with E-state index in [4.69, 9.17) is 10.8 Å². The van der Waals surface area contributed by atoms with Crippen molar-refractivity contribution in [3.63, 3.8) is 0 Å². The van der Waals surface area contributed by atoms with Crippen LogP contribution in [0.15, 0.2) is 30.3 Å². The van der Waals surface area contributed by atoms with Gasteiger partial charge in [-0.15, -0.1) is 0 Å². The van der Waals surface area contributed by atoms with E-state index < -0.39 is 42.3 Å². The molecule has 0 heterocycles. The van der Waals surface area contributed by atoms with Crippen molar-refractivity contribution in [1.82, 2.24) is 5.32 Å². The first-order valence-electron chi connectivity index (χ1n) is 6.40. The van der Waals surface area contributed by atoms with Crippen LogP contribution in [0.25, 0.3) is 0 Å². The summed E-state index contributed by atoms with van der Waals surface area (Å²) in [7, 11) is 0. The highest BCUT2D eigenvalue weighted by molar-refractivity contribution is 5.98. The fourth-order valence-electron chi connectivity index (χ4n) is 1.43. The lowest BCUT2D eigenvalue weighted by molar-refractivity contribution is -0.142. The quantitative estimate of drug-likeness (QED) is 0.484. The van der Waals surface area contributed by atoms with Crippen molar-refractivity contribution in [1.29, 1.82) is 0 Å². The SMILES string of the molecule is CC(NC(=O)C(N)CC(=O)OC(=O)c1ccccc1)C(=O)O. The topological polar surface area (TPSA) is 136 Å². The maximum absolute atomic E-state index is 11.6. The lowest BCUT2D eigenvalue weighted by Gasteiger charge is -2.13. The van der Waals surface area contributed by atoms with Crippen LogP contribution in [-0.4, -0.2) is 41.0 Å². The zero-order chi connectivity index (χ0) is 16.7. The molecule has 1 aromatic carbocycles. The summed E-state index contributed by atoms with van der Waals surface area (Å²) in [6.07, 6.45) is -0.545. The van der Waals surface area contributed by atoms with E-state index in [2.05, 4.69) is 10.1 Å². The molecule has 118 valence electrons. The molecule has 8 heteroatoms. The van der Waals surface area contributed by atoms with Crippen molar-refractivity contribution < 1.29 is 29.0 Å².